The summed E-state index contributed by atoms with van der Waals surface area (Å²) in [4.78, 5) is 24.6. The van der Waals surface area contributed by atoms with Gasteiger partial charge in [0.1, 0.15) is 0 Å². The number of carboxylic acid groups (broad SMARTS) is 1. The third kappa shape index (κ3) is 5.94. The predicted octanol–water partition coefficient (Wildman–Crippen LogP) is 2.56. The van der Waals surface area contributed by atoms with Crippen LogP contribution in [0.4, 0.5) is 4.79 Å². The zero-order valence-electron chi connectivity index (χ0n) is 13.2. The molecule has 5 heteroatoms. The molecule has 2 N–H and O–H groups in total. The normalized spacial score (nSPS) is 14.9. The van der Waals surface area contributed by atoms with Gasteiger partial charge in [0, 0.05) is 19.1 Å². The van der Waals surface area contributed by atoms with Crippen LogP contribution in [-0.2, 0) is 4.79 Å². The first kappa shape index (κ1) is 17.7. The van der Waals surface area contributed by atoms with Crippen LogP contribution < -0.4 is 5.32 Å². The molecule has 0 aliphatic carbocycles. The molecule has 0 aliphatic heterocycles. The molecule has 0 spiro atoms. The van der Waals surface area contributed by atoms with Crippen LogP contribution in [0.1, 0.15) is 48.0 Å². The number of nitrogens with zero attached hydrogens (tertiary/aromatic N) is 1. The Hall–Kier alpha value is -1.26. The molecule has 0 aromatic carbocycles. The molecule has 0 aromatic rings. The van der Waals surface area contributed by atoms with E-state index in [-0.39, 0.29) is 35.9 Å². The molecule has 19 heavy (non-hydrogen) atoms. The molecular formula is C14H28N2O3. The number of urea groups is 1. The molecule has 2 atom stereocenters. The first-order chi connectivity index (χ1) is 8.46. The molecule has 0 saturated carbocycles. The van der Waals surface area contributed by atoms with E-state index in [1.54, 1.807) is 11.9 Å². The molecular weight excluding hydrogens is 244 g/mol. The van der Waals surface area contributed by atoms with E-state index < -0.39 is 5.97 Å². The molecule has 0 fully saturated rings. The van der Waals surface area contributed by atoms with E-state index in [1.165, 1.54) is 0 Å². The second-order valence-corrected chi connectivity index (χ2v) is 6.55. The number of rotatable bonds is 5. The maximum absolute atomic E-state index is 12.1. The number of carboxylic acids is 1. The van der Waals surface area contributed by atoms with Crippen molar-refractivity contribution in [2.45, 2.75) is 60.0 Å². The van der Waals surface area contributed by atoms with Crippen LogP contribution in [0, 0.1) is 11.3 Å². The molecule has 0 saturated heterocycles. The van der Waals surface area contributed by atoms with Gasteiger partial charge < -0.3 is 15.3 Å². The van der Waals surface area contributed by atoms with Gasteiger partial charge in [-0.1, -0.05) is 34.6 Å². The molecule has 0 aliphatic rings. The third-order valence-electron chi connectivity index (χ3n) is 3.66. The Morgan fingerprint density at radius 1 is 1.21 bits per heavy atom. The van der Waals surface area contributed by atoms with Crippen LogP contribution in [0.2, 0.25) is 0 Å². The van der Waals surface area contributed by atoms with Gasteiger partial charge in [-0.3, -0.25) is 4.79 Å². The molecule has 0 radical (unpaired) electrons. The standard InChI is InChI=1S/C14H28N2O3/c1-9(2)11(8-12(17)18)15-13(19)16(7)10(3)14(4,5)6/h9-11H,8H2,1-7H3,(H,15,19)(H,17,18). The fourth-order valence-corrected chi connectivity index (χ4v) is 1.66. The smallest absolute Gasteiger partial charge is 0.317 e. The summed E-state index contributed by atoms with van der Waals surface area (Å²) in [5, 5.41) is 11.7. The fourth-order valence-electron chi connectivity index (χ4n) is 1.66. The average molecular weight is 272 g/mol. The second-order valence-electron chi connectivity index (χ2n) is 6.55. The van der Waals surface area contributed by atoms with Crippen molar-refractivity contribution < 1.29 is 14.7 Å². The highest BCUT2D eigenvalue weighted by Gasteiger charge is 2.29. The van der Waals surface area contributed by atoms with E-state index in [0.29, 0.717) is 0 Å². The van der Waals surface area contributed by atoms with Crippen LogP contribution in [0.5, 0.6) is 0 Å². The SMILES string of the molecule is CC(C)C(CC(=O)O)NC(=O)N(C)C(C)C(C)(C)C. The topological polar surface area (TPSA) is 69.6 Å². The number of aliphatic carboxylic acids is 1. The van der Waals surface area contributed by atoms with Crippen LogP contribution in [-0.4, -0.2) is 41.1 Å². The Bertz CT molecular complexity index is 321. The van der Waals surface area contributed by atoms with Crippen LogP contribution >= 0.6 is 0 Å². The monoisotopic (exact) mass is 272 g/mol. The van der Waals surface area contributed by atoms with E-state index in [0.717, 1.165) is 0 Å². The number of hydrogen-bond donors (Lipinski definition) is 2. The van der Waals surface area contributed by atoms with Gasteiger partial charge in [0.25, 0.3) is 0 Å². The van der Waals surface area contributed by atoms with Crippen molar-refractivity contribution in [2.24, 2.45) is 11.3 Å². The largest absolute Gasteiger partial charge is 0.481 e. The Balaban J connectivity index is 4.69. The summed E-state index contributed by atoms with van der Waals surface area (Å²) in [6, 6.07) is -0.507. The lowest BCUT2D eigenvalue weighted by molar-refractivity contribution is -0.137. The van der Waals surface area contributed by atoms with Crippen molar-refractivity contribution in [3.63, 3.8) is 0 Å². The molecule has 0 rings (SSSR count). The summed E-state index contributed by atoms with van der Waals surface area (Å²) in [6.07, 6.45) is -0.0544. The fraction of sp³-hybridized carbons (Fsp3) is 0.857. The summed E-state index contributed by atoms with van der Waals surface area (Å²) >= 11 is 0. The minimum absolute atomic E-state index is 0.0216. The lowest BCUT2D eigenvalue weighted by Crippen LogP contribution is -2.51. The zero-order valence-corrected chi connectivity index (χ0v) is 13.2. The van der Waals surface area contributed by atoms with Crippen molar-refractivity contribution in [2.75, 3.05) is 7.05 Å². The summed E-state index contributed by atoms with van der Waals surface area (Å²) in [5.74, 6) is -0.816. The van der Waals surface area contributed by atoms with Gasteiger partial charge in [-0.25, -0.2) is 4.79 Å². The van der Waals surface area contributed by atoms with E-state index in [9.17, 15) is 9.59 Å². The number of nitrogens with one attached hydrogen (secondary N) is 1. The van der Waals surface area contributed by atoms with E-state index in [2.05, 4.69) is 26.1 Å². The maximum Gasteiger partial charge on any atom is 0.317 e. The summed E-state index contributed by atoms with van der Waals surface area (Å²) < 4.78 is 0. The van der Waals surface area contributed by atoms with Crippen molar-refractivity contribution in [3.8, 4) is 0 Å². The van der Waals surface area contributed by atoms with E-state index in [4.69, 9.17) is 5.11 Å². The highest BCUT2D eigenvalue weighted by Crippen LogP contribution is 2.23. The third-order valence-corrected chi connectivity index (χ3v) is 3.66. The van der Waals surface area contributed by atoms with E-state index >= 15 is 0 Å². The van der Waals surface area contributed by atoms with Gasteiger partial charge in [0.05, 0.1) is 6.42 Å². The summed E-state index contributed by atoms with van der Waals surface area (Å²) in [6.45, 7) is 12.0. The predicted molar refractivity (Wildman–Crippen MR) is 76.1 cm³/mol. The Morgan fingerprint density at radius 2 is 1.68 bits per heavy atom. The first-order valence-electron chi connectivity index (χ1n) is 6.72. The number of hydrogen-bond acceptors (Lipinski definition) is 2. The first-order valence-corrected chi connectivity index (χ1v) is 6.72. The van der Waals surface area contributed by atoms with Crippen molar-refractivity contribution in [3.05, 3.63) is 0 Å². The number of amides is 2. The van der Waals surface area contributed by atoms with Crippen molar-refractivity contribution in [1.82, 2.24) is 10.2 Å². The second kappa shape index (κ2) is 6.78. The van der Waals surface area contributed by atoms with E-state index in [1.807, 2.05) is 20.8 Å². The molecule has 5 nitrogen and oxygen atoms in total. The lowest BCUT2D eigenvalue weighted by atomic mass is 9.87. The van der Waals surface area contributed by atoms with Crippen LogP contribution in [0.3, 0.4) is 0 Å². The highest BCUT2D eigenvalue weighted by molar-refractivity contribution is 5.76. The van der Waals surface area contributed by atoms with Crippen LogP contribution in [0.25, 0.3) is 0 Å². The van der Waals surface area contributed by atoms with Gasteiger partial charge >= 0.3 is 12.0 Å². The molecule has 2 unspecified atom stereocenters. The van der Waals surface area contributed by atoms with Crippen molar-refractivity contribution >= 4 is 12.0 Å². The minimum atomic E-state index is -0.898. The number of carbonyl (C=O) groups excluding carboxylic acids is 1. The molecule has 0 aromatic heterocycles. The Morgan fingerprint density at radius 3 is 2.00 bits per heavy atom. The zero-order chi connectivity index (χ0) is 15.4. The summed E-state index contributed by atoms with van der Waals surface area (Å²) in [5.41, 5.74) is -0.0216. The van der Waals surface area contributed by atoms with Gasteiger partial charge in [0.15, 0.2) is 0 Å². The van der Waals surface area contributed by atoms with Crippen LogP contribution in [0.15, 0.2) is 0 Å². The molecule has 112 valence electrons. The Labute approximate surface area is 116 Å². The Kier molecular flexibility index (Phi) is 6.33. The average Bonchev–Trinajstić information content (AvgIpc) is 2.23. The number of carbonyl (C=O) groups is 2. The van der Waals surface area contributed by atoms with Gasteiger partial charge in [-0.15, -0.1) is 0 Å². The molecule has 0 heterocycles. The highest BCUT2D eigenvalue weighted by atomic mass is 16.4. The van der Waals surface area contributed by atoms with Gasteiger partial charge in [-0.2, -0.15) is 0 Å². The maximum atomic E-state index is 12.1. The van der Waals surface area contributed by atoms with Gasteiger partial charge in [0.2, 0.25) is 0 Å². The minimum Gasteiger partial charge on any atom is -0.481 e. The quantitative estimate of drug-likeness (QED) is 0.808. The lowest BCUT2D eigenvalue weighted by Gasteiger charge is -2.36. The molecule has 2 amide bonds. The van der Waals surface area contributed by atoms with Gasteiger partial charge in [-0.05, 0) is 18.3 Å². The summed E-state index contributed by atoms with van der Waals surface area (Å²) in [7, 11) is 1.74. The van der Waals surface area contributed by atoms with Crippen molar-refractivity contribution in [1.29, 1.82) is 0 Å². The molecule has 0 bridgehead atoms.